The van der Waals surface area contributed by atoms with Crippen molar-refractivity contribution in [2.75, 3.05) is 43.0 Å². The largest absolute Gasteiger partial charge is 0.395 e. The Morgan fingerprint density at radius 3 is 2.71 bits per heavy atom. The smallest absolute Gasteiger partial charge is 0.186 e. The van der Waals surface area contributed by atoms with Gasteiger partial charge < -0.3 is 15.3 Å². The number of thiazole rings is 1. The summed E-state index contributed by atoms with van der Waals surface area (Å²) >= 11 is 14.0. The Kier molecular flexibility index (Phi) is 7.43. The van der Waals surface area contributed by atoms with Crippen molar-refractivity contribution in [2.24, 2.45) is 11.8 Å². The van der Waals surface area contributed by atoms with E-state index < -0.39 is 0 Å². The van der Waals surface area contributed by atoms with Gasteiger partial charge in [-0.3, -0.25) is 4.90 Å². The van der Waals surface area contributed by atoms with Gasteiger partial charge in [0, 0.05) is 42.3 Å². The third-order valence-corrected chi connectivity index (χ3v) is 9.28. The highest BCUT2D eigenvalue weighted by molar-refractivity contribution is 7.22. The second-order valence-electron chi connectivity index (χ2n) is 9.87. The molecule has 3 atom stereocenters. The number of nitrogens with zero attached hydrogens (tertiary/aromatic N) is 3. The zero-order valence-electron chi connectivity index (χ0n) is 20.0. The molecule has 3 aromatic rings. The summed E-state index contributed by atoms with van der Waals surface area (Å²) in [6.07, 6.45) is 2.43. The van der Waals surface area contributed by atoms with Gasteiger partial charge in [-0.25, -0.2) is 9.37 Å². The van der Waals surface area contributed by atoms with Crippen molar-refractivity contribution in [3.8, 4) is 0 Å². The highest BCUT2D eigenvalue weighted by atomic mass is 35.5. The number of β-amino-alcohol motifs (C(OH)–C–C–N with tert-alkyl or cyclic N) is 1. The van der Waals surface area contributed by atoms with Crippen LogP contribution in [0.25, 0.3) is 10.2 Å². The van der Waals surface area contributed by atoms with E-state index in [0.29, 0.717) is 33.6 Å². The maximum absolute atomic E-state index is 14.9. The third kappa shape index (κ3) is 5.12. The van der Waals surface area contributed by atoms with E-state index in [4.69, 9.17) is 28.2 Å². The van der Waals surface area contributed by atoms with Crippen LogP contribution in [0.3, 0.4) is 0 Å². The summed E-state index contributed by atoms with van der Waals surface area (Å²) in [5.74, 6) is 0.992. The molecule has 0 spiro atoms. The van der Waals surface area contributed by atoms with Crippen molar-refractivity contribution in [1.29, 1.82) is 0 Å². The number of likely N-dealkylation sites (tertiary alicyclic amines) is 1. The molecule has 2 N–H and O–H groups in total. The van der Waals surface area contributed by atoms with Crippen LogP contribution in [0.5, 0.6) is 0 Å². The van der Waals surface area contributed by atoms with E-state index in [2.05, 4.69) is 22.0 Å². The maximum atomic E-state index is 14.9. The number of rotatable bonds is 7. The molecule has 2 saturated heterocycles. The molecule has 0 aliphatic carbocycles. The van der Waals surface area contributed by atoms with Crippen LogP contribution < -0.4 is 10.2 Å². The molecule has 188 valence electrons. The van der Waals surface area contributed by atoms with Gasteiger partial charge in [-0.15, -0.1) is 0 Å². The van der Waals surface area contributed by atoms with Gasteiger partial charge in [-0.2, -0.15) is 0 Å². The lowest BCUT2D eigenvalue weighted by atomic mass is 9.79. The van der Waals surface area contributed by atoms with E-state index >= 15 is 0 Å². The van der Waals surface area contributed by atoms with E-state index in [1.165, 1.54) is 30.2 Å². The van der Waals surface area contributed by atoms with E-state index in [-0.39, 0.29) is 18.5 Å². The monoisotopic (exact) mass is 536 g/mol. The molecule has 2 fully saturated rings. The van der Waals surface area contributed by atoms with Crippen LogP contribution in [0, 0.1) is 17.7 Å². The zero-order chi connectivity index (χ0) is 24.7. The second kappa shape index (κ2) is 10.4. The molecule has 0 radical (unpaired) electrons. The first-order valence-electron chi connectivity index (χ1n) is 12.2. The normalized spacial score (nSPS) is 22.4. The summed E-state index contributed by atoms with van der Waals surface area (Å²) in [5.41, 5.74) is 2.12. The minimum absolute atomic E-state index is 0.200. The Hall–Kier alpha value is -1.64. The average Bonchev–Trinajstić information content (AvgIpc) is 3.21. The predicted octanol–water partition coefficient (Wildman–Crippen LogP) is 6.44. The molecule has 1 aromatic heterocycles. The topological polar surface area (TPSA) is 51.6 Å². The SMILES string of the molecule is CC1CCC(C2CN(c3nc4ccc(F)c(N[C@H](C)c5ccc(Cl)cc5Cl)c4s3)C2)CN1CCO. The molecule has 2 unspecified atom stereocenters. The lowest BCUT2D eigenvalue weighted by Crippen LogP contribution is -2.55. The van der Waals surface area contributed by atoms with Gasteiger partial charge >= 0.3 is 0 Å². The Bertz CT molecular complexity index is 1200. The Labute approximate surface area is 219 Å². The van der Waals surface area contributed by atoms with Crippen molar-refractivity contribution in [3.63, 3.8) is 0 Å². The van der Waals surface area contributed by atoms with Crippen LogP contribution in [0.2, 0.25) is 10.0 Å². The van der Waals surface area contributed by atoms with Crippen LogP contribution in [0.4, 0.5) is 15.2 Å². The molecule has 2 aromatic carbocycles. The number of aromatic nitrogens is 1. The van der Waals surface area contributed by atoms with Gasteiger partial charge in [0.05, 0.1) is 28.6 Å². The van der Waals surface area contributed by atoms with E-state index in [1.807, 2.05) is 13.0 Å². The first kappa shape index (κ1) is 25.0. The molecule has 2 aliphatic heterocycles. The van der Waals surface area contributed by atoms with E-state index in [1.54, 1.807) is 18.2 Å². The third-order valence-electron chi connectivity index (χ3n) is 7.57. The van der Waals surface area contributed by atoms with Crippen molar-refractivity contribution < 1.29 is 9.50 Å². The number of nitrogens with one attached hydrogen (secondary N) is 1. The number of fused-ring (bicyclic) bond motifs is 1. The van der Waals surface area contributed by atoms with E-state index in [0.717, 1.165) is 47.1 Å². The number of benzene rings is 2. The number of hydrogen-bond donors (Lipinski definition) is 2. The number of hydrogen-bond acceptors (Lipinski definition) is 6. The first-order valence-corrected chi connectivity index (χ1v) is 13.8. The summed E-state index contributed by atoms with van der Waals surface area (Å²) in [6.45, 7) is 8.21. The molecule has 5 rings (SSSR count). The highest BCUT2D eigenvalue weighted by Crippen LogP contribution is 2.41. The minimum Gasteiger partial charge on any atom is -0.395 e. The molecule has 9 heteroatoms. The molecule has 0 saturated carbocycles. The predicted molar refractivity (Wildman–Crippen MR) is 145 cm³/mol. The average molecular weight is 538 g/mol. The van der Waals surface area contributed by atoms with Crippen molar-refractivity contribution in [3.05, 3.63) is 51.8 Å². The van der Waals surface area contributed by atoms with Crippen LogP contribution in [-0.4, -0.2) is 53.8 Å². The van der Waals surface area contributed by atoms with Crippen LogP contribution >= 0.6 is 34.5 Å². The molecule has 2 aliphatic rings. The number of anilines is 2. The first-order chi connectivity index (χ1) is 16.8. The molecular weight excluding hydrogens is 506 g/mol. The summed E-state index contributed by atoms with van der Waals surface area (Å²) in [6, 6.07) is 8.93. The fourth-order valence-electron chi connectivity index (χ4n) is 5.38. The van der Waals surface area contributed by atoms with Crippen LogP contribution in [0.1, 0.15) is 38.3 Å². The Balaban J connectivity index is 1.30. The lowest BCUT2D eigenvalue weighted by Gasteiger charge is -2.48. The number of halogens is 3. The molecular formula is C26H31Cl2FN4OS. The fourth-order valence-corrected chi connectivity index (χ4v) is 7.03. The van der Waals surface area contributed by atoms with Crippen LogP contribution in [0.15, 0.2) is 30.3 Å². The number of piperidine rings is 1. The van der Waals surface area contributed by atoms with Gasteiger partial charge in [0.25, 0.3) is 0 Å². The second-order valence-corrected chi connectivity index (χ2v) is 11.7. The van der Waals surface area contributed by atoms with Crippen molar-refractivity contribution in [2.45, 2.75) is 38.8 Å². The van der Waals surface area contributed by atoms with Gasteiger partial charge in [0.15, 0.2) is 5.13 Å². The minimum atomic E-state index is -0.300. The van der Waals surface area contributed by atoms with Gasteiger partial charge in [0.2, 0.25) is 0 Å². The summed E-state index contributed by atoms with van der Waals surface area (Å²) < 4.78 is 15.7. The lowest BCUT2D eigenvalue weighted by molar-refractivity contribution is 0.0640. The molecule has 0 bridgehead atoms. The summed E-state index contributed by atoms with van der Waals surface area (Å²) in [5, 5.41) is 14.8. The molecule has 0 amide bonds. The van der Waals surface area contributed by atoms with E-state index in [9.17, 15) is 9.50 Å². The number of aliphatic hydroxyl groups is 1. The molecule has 3 heterocycles. The standard InChI is InChI=1S/C26H31Cl2FN4OS/c1-15-3-4-17(12-32(15)9-10-34)18-13-33(14-18)26-31-23-8-7-22(29)24(25(23)35-26)30-16(2)20-6-5-19(27)11-21(20)28/h5-8,11,15-18,30,34H,3-4,9-10,12-14H2,1-2H3/t15?,16-,17?/m1/s1. The van der Waals surface area contributed by atoms with Crippen molar-refractivity contribution >= 4 is 55.6 Å². The number of aliphatic hydroxyl groups excluding tert-OH is 1. The van der Waals surface area contributed by atoms with Crippen molar-refractivity contribution in [1.82, 2.24) is 9.88 Å². The van der Waals surface area contributed by atoms with Crippen LogP contribution in [-0.2, 0) is 0 Å². The summed E-state index contributed by atoms with van der Waals surface area (Å²) in [7, 11) is 0. The highest BCUT2D eigenvalue weighted by Gasteiger charge is 2.38. The maximum Gasteiger partial charge on any atom is 0.186 e. The molecule has 35 heavy (non-hydrogen) atoms. The van der Waals surface area contributed by atoms with Gasteiger partial charge in [0.1, 0.15) is 5.82 Å². The summed E-state index contributed by atoms with van der Waals surface area (Å²) in [4.78, 5) is 9.56. The zero-order valence-corrected chi connectivity index (χ0v) is 22.3. The Morgan fingerprint density at radius 1 is 1.17 bits per heavy atom. The Morgan fingerprint density at radius 2 is 1.97 bits per heavy atom. The van der Waals surface area contributed by atoms with Gasteiger partial charge in [-0.1, -0.05) is 40.6 Å². The van der Waals surface area contributed by atoms with Gasteiger partial charge in [-0.05, 0) is 68.4 Å². The quantitative estimate of drug-likeness (QED) is 0.363. The molecule has 5 nitrogen and oxygen atoms in total. The fraction of sp³-hybridized carbons (Fsp3) is 0.500.